The smallest absolute Gasteiger partial charge is 0.322 e. The topological polar surface area (TPSA) is 250 Å². The Morgan fingerprint density at radius 3 is 1.55 bits per heavy atom. The summed E-state index contributed by atoms with van der Waals surface area (Å²) in [6.07, 6.45) is -0.164. The molecule has 17 heteroatoms. The van der Waals surface area contributed by atoms with Gasteiger partial charge in [0.25, 0.3) is 5.91 Å². The summed E-state index contributed by atoms with van der Waals surface area (Å²) >= 11 is 0. The van der Waals surface area contributed by atoms with E-state index in [0.717, 1.165) is 10.8 Å². The van der Waals surface area contributed by atoms with Crippen molar-refractivity contribution < 1.29 is 43.2 Å². The number of rotatable bonds is 6. The summed E-state index contributed by atoms with van der Waals surface area (Å²) in [7, 11) is 0. The third-order valence-electron chi connectivity index (χ3n) is 10.9. The van der Waals surface area contributed by atoms with E-state index in [1.54, 1.807) is 60.7 Å². The zero-order valence-electron chi connectivity index (χ0n) is 37.6. The average molecular weight is 889 g/mol. The van der Waals surface area contributed by atoms with Crippen LogP contribution in [-0.2, 0) is 46.4 Å². The van der Waals surface area contributed by atoms with Crippen LogP contribution in [-0.4, -0.2) is 93.9 Å². The summed E-state index contributed by atoms with van der Waals surface area (Å²) in [6, 6.07) is 21.9. The lowest BCUT2D eigenvalue weighted by molar-refractivity contribution is -0.137. The second kappa shape index (κ2) is 20.0. The number of nitrogens with one attached hydrogen (secondary N) is 8. The molecule has 0 saturated carbocycles. The third-order valence-corrected chi connectivity index (χ3v) is 10.9. The van der Waals surface area contributed by atoms with Gasteiger partial charge in [-0.3, -0.25) is 43.7 Å². The van der Waals surface area contributed by atoms with Crippen LogP contribution in [0.3, 0.4) is 0 Å². The van der Waals surface area contributed by atoms with Crippen LogP contribution in [0.4, 0.5) is 4.79 Å². The van der Waals surface area contributed by atoms with E-state index < -0.39 is 88.2 Å². The summed E-state index contributed by atoms with van der Waals surface area (Å²) in [4.78, 5) is 122. The van der Waals surface area contributed by atoms with Gasteiger partial charge in [0.1, 0.15) is 40.8 Å². The molecule has 342 valence electrons. The Kier molecular flexibility index (Phi) is 14.9. The second-order valence-electron chi connectivity index (χ2n) is 17.8. The summed E-state index contributed by atoms with van der Waals surface area (Å²) in [5, 5.41) is 22.0. The lowest BCUT2D eigenvalue weighted by Gasteiger charge is -2.32. The number of hydrogen-bond donors (Lipinski definition) is 8. The first kappa shape index (κ1) is 48.6. The van der Waals surface area contributed by atoms with E-state index in [2.05, 4.69) is 42.5 Å². The van der Waals surface area contributed by atoms with E-state index in [0.29, 0.717) is 22.3 Å². The van der Waals surface area contributed by atoms with Gasteiger partial charge in [-0.25, -0.2) is 4.79 Å². The number of imide groups is 1. The molecule has 0 spiro atoms. The first-order valence-corrected chi connectivity index (χ1v) is 21.1. The fourth-order valence-electron chi connectivity index (χ4n) is 6.82. The highest BCUT2D eigenvalue weighted by Gasteiger charge is 2.39. The molecule has 3 unspecified atom stereocenters. The molecule has 1 heterocycles. The predicted molar refractivity (Wildman–Crippen MR) is 242 cm³/mol. The van der Waals surface area contributed by atoms with Crippen LogP contribution in [0.15, 0.2) is 97.1 Å². The number of carbonyl (C=O) groups excluding carboxylic acids is 9. The van der Waals surface area contributed by atoms with Gasteiger partial charge in [0, 0.05) is 24.0 Å². The van der Waals surface area contributed by atoms with Crippen molar-refractivity contribution in [1.29, 1.82) is 0 Å². The molecule has 0 aliphatic carbocycles. The summed E-state index contributed by atoms with van der Waals surface area (Å²) in [5.74, 6) is -5.93. The van der Waals surface area contributed by atoms with Crippen molar-refractivity contribution in [3.8, 4) is 0 Å². The van der Waals surface area contributed by atoms with E-state index in [1.165, 1.54) is 55.4 Å². The lowest BCUT2D eigenvalue weighted by Crippen LogP contribution is -2.65. The van der Waals surface area contributed by atoms with Crippen molar-refractivity contribution in [1.82, 2.24) is 42.5 Å². The Hall–Kier alpha value is -7.43. The average Bonchev–Trinajstić information content (AvgIpc) is 3.25. The van der Waals surface area contributed by atoms with Crippen LogP contribution in [0.25, 0.3) is 10.8 Å². The quantitative estimate of drug-likeness (QED) is 0.132. The number of benzene rings is 4. The molecule has 4 aromatic carbocycles. The normalized spacial score (nSPS) is 22.4. The fraction of sp³-hybridized carbons (Fsp3) is 0.354. The maximum Gasteiger partial charge on any atom is 0.322 e. The molecule has 1 saturated heterocycles. The molecule has 65 heavy (non-hydrogen) atoms. The summed E-state index contributed by atoms with van der Waals surface area (Å²) < 4.78 is 0. The zero-order chi connectivity index (χ0) is 47.9. The van der Waals surface area contributed by atoms with Gasteiger partial charge < -0.3 is 37.2 Å². The molecule has 1 aliphatic rings. The van der Waals surface area contributed by atoms with Crippen LogP contribution < -0.4 is 42.5 Å². The Balaban J connectivity index is 1.42. The number of ketones is 1. The maximum atomic E-state index is 14.1. The van der Waals surface area contributed by atoms with Crippen molar-refractivity contribution in [3.05, 3.63) is 119 Å². The van der Waals surface area contributed by atoms with Crippen molar-refractivity contribution in [2.75, 3.05) is 0 Å². The number of carbonyl (C=O) groups is 9. The minimum absolute atomic E-state index is 0.0262. The van der Waals surface area contributed by atoms with Gasteiger partial charge in [0.15, 0.2) is 5.78 Å². The van der Waals surface area contributed by atoms with Crippen LogP contribution in [0.2, 0.25) is 0 Å². The molecule has 9 amide bonds. The van der Waals surface area contributed by atoms with Gasteiger partial charge in [-0.15, -0.1) is 0 Å². The molecule has 17 nitrogen and oxygen atoms in total. The zero-order valence-corrected chi connectivity index (χ0v) is 37.6. The van der Waals surface area contributed by atoms with Gasteiger partial charge in [-0.2, -0.15) is 0 Å². The molecule has 1 aliphatic heterocycles. The number of urea groups is 1. The van der Waals surface area contributed by atoms with Gasteiger partial charge >= 0.3 is 6.03 Å². The SMILES string of the molecule is CC1NC(=O)[C@H](C)NC(=O)C(Cc2ccc3ccccc3c2)NC(=O)C(C)(C)NC(=O)NC(=O)C(C)(C)NC(=O)C(Cc2ccc(C(=O)c3ccccc3)cc2)NC(=O)C(C)(C)NC1=O. The Morgan fingerprint density at radius 2 is 0.923 bits per heavy atom. The molecule has 5 rings (SSSR count). The predicted octanol–water partition coefficient (Wildman–Crippen LogP) is 2.24. The monoisotopic (exact) mass is 888 g/mol. The van der Waals surface area contributed by atoms with Crippen molar-refractivity contribution in [3.63, 3.8) is 0 Å². The van der Waals surface area contributed by atoms with E-state index in [1.807, 2.05) is 36.4 Å². The van der Waals surface area contributed by atoms with E-state index in [9.17, 15) is 43.2 Å². The fourth-order valence-corrected chi connectivity index (χ4v) is 6.82. The molecule has 0 aromatic heterocycles. The maximum absolute atomic E-state index is 14.1. The van der Waals surface area contributed by atoms with Gasteiger partial charge in [0.2, 0.25) is 35.4 Å². The van der Waals surface area contributed by atoms with Crippen molar-refractivity contribution in [2.24, 2.45) is 0 Å². The molecule has 4 atom stereocenters. The Morgan fingerprint density at radius 1 is 0.462 bits per heavy atom. The molecule has 1 fully saturated rings. The number of hydrogen-bond acceptors (Lipinski definition) is 9. The highest BCUT2D eigenvalue weighted by atomic mass is 16.2. The van der Waals surface area contributed by atoms with E-state index in [-0.39, 0.29) is 18.6 Å². The van der Waals surface area contributed by atoms with Crippen molar-refractivity contribution >= 4 is 63.9 Å². The molecular weight excluding hydrogens is 833 g/mol. The highest BCUT2D eigenvalue weighted by Crippen LogP contribution is 2.18. The molecule has 8 N–H and O–H groups in total. The highest BCUT2D eigenvalue weighted by molar-refractivity contribution is 6.09. The lowest BCUT2D eigenvalue weighted by atomic mass is 9.97. The van der Waals surface area contributed by atoms with E-state index >= 15 is 0 Å². The summed E-state index contributed by atoms with van der Waals surface area (Å²) in [5.41, 5.74) is -3.15. The molecule has 4 aromatic rings. The number of amides is 9. The Bertz CT molecular complexity index is 2500. The summed E-state index contributed by atoms with van der Waals surface area (Å²) in [6.45, 7) is 10.9. The van der Waals surface area contributed by atoms with Gasteiger partial charge in [-0.1, -0.05) is 97.1 Å². The second-order valence-corrected chi connectivity index (χ2v) is 17.8. The minimum Gasteiger partial charge on any atom is -0.343 e. The van der Waals surface area contributed by atoms with Crippen LogP contribution in [0, 0.1) is 0 Å². The first-order valence-electron chi connectivity index (χ1n) is 21.1. The minimum atomic E-state index is -1.79. The third kappa shape index (κ3) is 12.6. The van der Waals surface area contributed by atoms with E-state index in [4.69, 9.17) is 0 Å². The molecule has 0 bridgehead atoms. The van der Waals surface area contributed by atoms with Crippen LogP contribution >= 0.6 is 0 Å². The Labute approximate surface area is 377 Å². The first-order chi connectivity index (χ1) is 30.5. The van der Waals surface area contributed by atoms with Crippen molar-refractivity contribution in [2.45, 2.75) is 109 Å². The largest absolute Gasteiger partial charge is 0.343 e. The standard InChI is InChI=1S/C48H56N8O9/c1-27-38(58)49-28(2)39(59)54-46(3,4)42(62)52-36(25-29-18-22-33(23-19-29)37(57)32-15-10-9-11-16-32)41(61)55-47(5,6)44(64)53-45(65)56-48(7,8)43(63)51-35(40(60)50-27)26-30-20-21-31-14-12-13-17-34(31)24-30/h9-24,27-28,35-36H,25-26H2,1-8H3,(H,49,58)(H,50,60)(H,51,63)(H,52,62)(H,54,59)(H,55,61)(H2,53,56,64,65)/t27-,28?,35?,36?/m0/s1. The van der Waals surface area contributed by atoms with Crippen LogP contribution in [0.1, 0.15) is 82.4 Å². The van der Waals surface area contributed by atoms with Crippen LogP contribution in [0.5, 0.6) is 0 Å². The van der Waals surface area contributed by atoms with Gasteiger partial charge in [-0.05, 0) is 77.3 Å². The molecule has 0 radical (unpaired) electrons. The number of fused-ring (bicyclic) bond motifs is 1. The van der Waals surface area contributed by atoms with Gasteiger partial charge in [0.05, 0.1) is 0 Å². The molecular formula is C48H56N8O9.